The number of nitrogens with one attached hydrogen (secondary N) is 1. The van der Waals surface area contributed by atoms with E-state index in [1.54, 1.807) is 4.90 Å². The Morgan fingerprint density at radius 2 is 1.78 bits per heavy atom. The smallest absolute Gasteiger partial charge is 0.444 e. The number of likely N-dealkylation sites (tertiary alicyclic amines) is 1. The highest BCUT2D eigenvalue weighted by Gasteiger charge is 2.52. The molecule has 1 aromatic rings. The van der Waals surface area contributed by atoms with Gasteiger partial charge in [0.15, 0.2) is 0 Å². The van der Waals surface area contributed by atoms with E-state index in [-0.39, 0.29) is 11.9 Å². The summed E-state index contributed by atoms with van der Waals surface area (Å²) >= 11 is 0. The largest absolute Gasteiger partial charge is 0.495 e. The van der Waals surface area contributed by atoms with Gasteiger partial charge in [-0.05, 0) is 85.8 Å². The number of benzene rings is 1. The molecule has 0 radical (unpaired) electrons. The number of amides is 2. The maximum atomic E-state index is 13.3. The standard InChI is InChI=1S/C24H37BN2O5/c1-16-11-12-17(14-19(16)25-31-23(5,6)24(7,8)32-25)20(28)27-13-9-10-18(15-27)26-21(29)30-22(2,3)4/h11-12,14,18H,9-10,13,15H2,1-8H3,(H,26,29)/t18-/m1/s1. The fraction of sp³-hybridized carbons (Fsp3) is 0.667. The maximum Gasteiger partial charge on any atom is 0.495 e. The lowest BCUT2D eigenvalue weighted by Crippen LogP contribution is -2.50. The number of carbonyl (C=O) groups is 2. The SMILES string of the molecule is Cc1ccc(C(=O)N2CCC[C@@H](NC(=O)OC(C)(C)C)C2)cc1B1OC(C)(C)C(C)(C)O1. The van der Waals surface area contributed by atoms with Crippen LogP contribution in [0.25, 0.3) is 0 Å². The molecule has 0 spiro atoms. The lowest BCUT2D eigenvalue weighted by Gasteiger charge is -2.33. The van der Waals surface area contributed by atoms with E-state index < -0.39 is 30.0 Å². The van der Waals surface area contributed by atoms with E-state index in [4.69, 9.17) is 14.0 Å². The molecule has 32 heavy (non-hydrogen) atoms. The van der Waals surface area contributed by atoms with Crippen LogP contribution in [0, 0.1) is 6.92 Å². The van der Waals surface area contributed by atoms with Crippen LogP contribution in [0.5, 0.6) is 0 Å². The number of alkyl carbamates (subject to hydrolysis) is 1. The van der Waals surface area contributed by atoms with E-state index in [2.05, 4.69) is 5.32 Å². The predicted molar refractivity (Wildman–Crippen MR) is 125 cm³/mol. The molecule has 2 heterocycles. The van der Waals surface area contributed by atoms with Crippen LogP contribution in [0.1, 0.15) is 77.2 Å². The fourth-order valence-corrected chi connectivity index (χ4v) is 3.93. The minimum atomic E-state index is -0.555. The summed E-state index contributed by atoms with van der Waals surface area (Å²) in [6.45, 7) is 16.7. The van der Waals surface area contributed by atoms with E-state index in [1.807, 2.05) is 73.6 Å². The third kappa shape index (κ3) is 5.46. The van der Waals surface area contributed by atoms with Crippen LogP contribution in [0.15, 0.2) is 18.2 Å². The maximum absolute atomic E-state index is 13.3. The molecule has 2 aliphatic rings. The van der Waals surface area contributed by atoms with E-state index in [0.29, 0.717) is 18.7 Å². The van der Waals surface area contributed by atoms with Gasteiger partial charge in [0.1, 0.15) is 5.60 Å². The van der Waals surface area contributed by atoms with Gasteiger partial charge >= 0.3 is 13.2 Å². The second-order valence-corrected chi connectivity index (χ2v) is 10.9. The number of hydrogen-bond donors (Lipinski definition) is 1. The molecule has 7 nitrogen and oxygen atoms in total. The first-order valence-electron chi connectivity index (χ1n) is 11.4. The minimum absolute atomic E-state index is 0.0570. The minimum Gasteiger partial charge on any atom is -0.444 e. The Bertz CT molecular complexity index is 862. The molecule has 176 valence electrons. The molecule has 1 atom stereocenters. The van der Waals surface area contributed by atoms with Gasteiger partial charge in [-0.2, -0.15) is 0 Å². The molecule has 1 N–H and O–H groups in total. The summed E-state index contributed by atoms with van der Waals surface area (Å²) in [5.41, 5.74) is 1.03. The lowest BCUT2D eigenvalue weighted by molar-refractivity contribution is 0.00578. The second-order valence-electron chi connectivity index (χ2n) is 10.9. The Morgan fingerprint density at radius 3 is 2.38 bits per heavy atom. The van der Waals surface area contributed by atoms with Gasteiger partial charge in [0.05, 0.1) is 11.2 Å². The van der Waals surface area contributed by atoms with Gasteiger partial charge < -0.3 is 24.3 Å². The summed E-state index contributed by atoms with van der Waals surface area (Å²) in [5.74, 6) is -0.0570. The number of hydrogen-bond acceptors (Lipinski definition) is 5. The normalized spacial score (nSPS) is 22.6. The first kappa shape index (κ1) is 24.6. The van der Waals surface area contributed by atoms with Crippen molar-refractivity contribution in [1.29, 1.82) is 0 Å². The Kier molecular flexibility index (Phi) is 6.69. The van der Waals surface area contributed by atoms with Gasteiger partial charge in [-0.3, -0.25) is 4.79 Å². The number of aryl methyl sites for hydroxylation is 1. The highest BCUT2D eigenvalue weighted by molar-refractivity contribution is 6.62. The Morgan fingerprint density at radius 1 is 1.16 bits per heavy atom. The van der Waals surface area contributed by atoms with Crippen molar-refractivity contribution in [2.24, 2.45) is 0 Å². The van der Waals surface area contributed by atoms with Crippen LogP contribution in [0.4, 0.5) is 4.79 Å². The van der Waals surface area contributed by atoms with E-state index in [1.165, 1.54) is 0 Å². The fourth-order valence-electron chi connectivity index (χ4n) is 3.93. The van der Waals surface area contributed by atoms with Gasteiger partial charge in [-0.1, -0.05) is 11.6 Å². The molecule has 1 aromatic carbocycles. The van der Waals surface area contributed by atoms with Crippen molar-refractivity contribution < 1.29 is 23.6 Å². The third-order valence-corrected chi connectivity index (χ3v) is 6.46. The molecule has 8 heteroatoms. The van der Waals surface area contributed by atoms with Crippen molar-refractivity contribution >= 4 is 24.6 Å². The predicted octanol–water partition coefficient (Wildman–Crippen LogP) is 3.42. The molecular formula is C24H37BN2O5. The first-order chi connectivity index (χ1) is 14.7. The zero-order valence-electron chi connectivity index (χ0n) is 20.7. The molecule has 0 aliphatic carbocycles. The summed E-state index contributed by atoms with van der Waals surface area (Å²) in [5, 5.41) is 2.90. The van der Waals surface area contributed by atoms with Crippen LogP contribution >= 0.6 is 0 Å². The highest BCUT2D eigenvalue weighted by atomic mass is 16.7. The van der Waals surface area contributed by atoms with Gasteiger partial charge in [0.25, 0.3) is 5.91 Å². The topological polar surface area (TPSA) is 77.1 Å². The molecule has 3 rings (SSSR count). The summed E-state index contributed by atoms with van der Waals surface area (Å²) in [7, 11) is -0.518. The molecule has 2 amide bonds. The number of rotatable bonds is 3. The van der Waals surface area contributed by atoms with Crippen molar-refractivity contribution in [3.8, 4) is 0 Å². The molecule has 2 fully saturated rings. The number of carbonyl (C=O) groups excluding carboxylic acids is 2. The molecule has 2 aliphatic heterocycles. The quantitative estimate of drug-likeness (QED) is 0.723. The van der Waals surface area contributed by atoms with Crippen molar-refractivity contribution in [2.75, 3.05) is 13.1 Å². The summed E-state index contributed by atoms with van der Waals surface area (Å²) < 4.78 is 17.8. The van der Waals surface area contributed by atoms with Gasteiger partial charge in [-0.25, -0.2) is 4.79 Å². The molecule has 0 bridgehead atoms. The van der Waals surface area contributed by atoms with Crippen molar-refractivity contribution in [3.05, 3.63) is 29.3 Å². The number of ether oxygens (including phenoxy) is 1. The lowest BCUT2D eigenvalue weighted by atomic mass is 9.75. The van der Waals surface area contributed by atoms with Crippen LogP contribution in [0.2, 0.25) is 0 Å². The summed E-state index contributed by atoms with van der Waals surface area (Å²) in [6.07, 6.45) is 1.19. The van der Waals surface area contributed by atoms with Crippen LogP contribution in [-0.4, -0.2) is 60.0 Å². The Hall–Kier alpha value is -2.06. The van der Waals surface area contributed by atoms with E-state index >= 15 is 0 Å². The van der Waals surface area contributed by atoms with Crippen molar-refractivity contribution in [2.45, 2.75) is 91.1 Å². The molecule has 0 unspecified atom stereocenters. The monoisotopic (exact) mass is 444 g/mol. The van der Waals surface area contributed by atoms with Crippen LogP contribution in [0.3, 0.4) is 0 Å². The van der Waals surface area contributed by atoms with Gasteiger partial charge in [-0.15, -0.1) is 0 Å². The molecule has 2 saturated heterocycles. The second kappa shape index (κ2) is 8.71. The van der Waals surface area contributed by atoms with Gasteiger partial charge in [0, 0.05) is 24.7 Å². The Balaban J connectivity index is 1.71. The number of piperidine rings is 1. The van der Waals surface area contributed by atoms with E-state index in [9.17, 15) is 9.59 Å². The Labute approximate surface area is 192 Å². The molecular weight excluding hydrogens is 407 g/mol. The van der Waals surface area contributed by atoms with Crippen LogP contribution in [-0.2, 0) is 14.0 Å². The summed E-state index contributed by atoms with van der Waals surface area (Å²) in [4.78, 5) is 27.2. The third-order valence-electron chi connectivity index (χ3n) is 6.46. The van der Waals surface area contributed by atoms with E-state index in [0.717, 1.165) is 23.9 Å². The average Bonchev–Trinajstić information content (AvgIpc) is 2.87. The zero-order valence-corrected chi connectivity index (χ0v) is 20.7. The first-order valence-corrected chi connectivity index (χ1v) is 11.4. The van der Waals surface area contributed by atoms with Crippen LogP contribution < -0.4 is 10.8 Å². The molecule has 0 saturated carbocycles. The zero-order chi connectivity index (χ0) is 23.9. The van der Waals surface area contributed by atoms with Crippen molar-refractivity contribution in [3.63, 3.8) is 0 Å². The average molecular weight is 444 g/mol. The highest BCUT2D eigenvalue weighted by Crippen LogP contribution is 2.36. The summed E-state index contributed by atoms with van der Waals surface area (Å²) in [6, 6.07) is 5.53. The number of nitrogens with zero attached hydrogens (tertiary/aromatic N) is 1. The molecule has 0 aromatic heterocycles. The van der Waals surface area contributed by atoms with Gasteiger partial charge in [0.2, 0.25) is 0 Å². The van der Waals surface area contributed by atoms with Crippen molar-refractivity contribution in [1.82, 2.24) is 10.2 Å².